The maximum absolute atomic E-state index is 13.5. The lowest BCUT2D eigenvalue weighted by Crippen LogP contribution is -2.37. The lowest BCUT2D eigenvalue weighted by atomic mass is 10.1. The van der Waals surface area contributed by atoms with E-state index in [1.807, 2.05) is 19.9 Å². The molecule has 3 aromatic rings. The lowest BCUT2D eigenvalue weighted by molar-refractivity contribution is 0.0940. The number of carbonyl (C=O) groups excluding carboxylic acids is 1. The van der Waals surface area contributed by atoms with Crippen molar-refractivity contribution in [3.8, 4) is 0 Å². The highest BCUT2D eigenvalue weighted by Crippen LogP contribution is 2.40. The van der Waals surface area contributed by atoms with Crippen molar-refractivity contribution in [3.63, 3.8) is 0 Å². The van der Waals surface area contributed by atoms with Gasteiger partial charge in [-0.15, -0.1) is 11.3 Å². The average Bonchev–Trinajstić information content (AvgIpc) is 2.89. The number of rotatable bonds is 1. The Balaban J connectivity index is 1.84. The van der Waals surface area contributed by atoms with E-state index in [2.05, 4.69) is 15.6 Å². The van der Waals surface area contributed by atoms with Gasteiger partial charge in [0.2, 0.25) is 0 Å². The van der Waals surface area contributed by atoms with E-state index < -0.39 is 17.8 Å². The van der Waals surface area contributed by atoms with Gasteiger partial charge in [-0.3, -0.25) is 4.79 Å². The van der Waals surface area contributed by atoms with Crippen LogP contribution in [-0.2, 0) is 0 Å². The monoisotopic (exact) mass is 345 g/mol. The van der Waals surface area contributed by atoms with Gasteiger partial charge in [0.15, 0.2) is 11.6 Å². The molecule has 122 valence electrons. The standard InChI is InChI=1S/C17H13F2N3OS/c1-7-5-8(2)20-17-12(7)13-14(24-17)16(23)22-15(21-13)9-3-4-10(18)11(19)6-9/h3-6,15,21H,1-2H3,(H,22,23)/t15-/m1/s1. The fourth-order valence-corrected chi connectivity index (χ4v) is 4.14. The second-order valence-electron chi connectivity index (χ2n) is 5.79. The number of anilines is 1. The number of nitrogens with one attached hydrogen (secondary N) is 2. The molecule has 0 fully saturated rings. The van der Waals surface area contributed by atoms with Crippen molar-refractivity contribution in [1.82, 2.24) is 10.3 Å². The largest absolute Gasteiger partial charge is 0.360 e. The molecule has 4 nitrogen and oxygen atoms in total. The van der Waals surface area contributed by atoms with E-state index >= 15 is 0 Å². The minimum absolute atomic E-state index is 0.251. The van der Waals surface area contributed by atoms with E-state index in [9.17, 15) is 13.6 Å². The van der Waals surface area contributed by atoms with Crippen LogP contribution in [0.4, 0.5) is 14.5 Å². The van der Waals surface area contributed by atoms with Gasteiger partial charge in [-0.05, 0) is 43.2 Å². The number of fused-ring (bicyclic) bond motifs is 3. The van der Waals surface area contributed by atoms with E-state index in [0.29, 0.717) is 16.1 Å². The molecule has 1 atom stereocenters. The number of hydrogen-bond donors (Lipinski definition) is 2. The highest BCUT2D eigenvalue weighted by atomic mass is 32.1. The molecule has 2 N–H and O–H groups in total. The Hall–Kier alpha value is -2.54. The van der Waals surface area contributed by atoms with Crippen LogP contribution in [0.2, 0.25) is 0 Å². The summed E-state index contributed by atoms with van der Waals surface area (Å²) in [5.74, 6) is -2.12. The summed E-state index contributed by atoms with van der Waals surface area (Å²) >= 11 is 1.32. The number of aryl methyl sites for hydroxylation is 2. The number of benzene rings is 1. The van der Waals surface area contributed by atoms with Crippen LogP contribution < -0.4 is 10.6 Å². The molecule has 1 aliphatic heterocycles. The number of pyridine rings is 1. The average molecular weight is 345 g/mol. The van der Waals surface area contributed by atoms with Crippen LogP contribution in [0.25, 0.3) is 10.2 Å². The van der Waals surface area contributed by atoms with Gasteiger partial charge in [0.1, 0.15) is 15.9 Å². The maximum atomic E-state index is 13.5. The molecular weight excluding hydrogens is 332 g/mol. The minimum Gasteiger partial charge on any atom is -0.360 e. The molecule has 0 radical (unpaired) electrons. The van der Waals surface area contributed by atoms with Gasteiger partial charge in [0.25, 0.3) is 5.91 Å². The van der Waals surface area contributed by atoms with Crippen molar-refractivity contribution in [2.24, 2.45) is 0 Å². The predicted molar refractivity (Wildman–Crippen MR) is 89.3 cm³/mol. The minimum atomic E-state index is -0.946. The van der Waals surface area contributed by atoms with Crippen molar-refractivity contribution >= 4 is 33.1 Å². The smallest absolute Gasteiger partial charge is 0.265 e. The molecule has 0 saturated carbocycles. The van der Waals surface area contributed by atoms with Crippen molar-refractivity contribution in [2.45, 2.75) is 20.0 Å². The zero-order valence-electron chi connectivity index (χ0n) is 12.9. The Morgan fingerprint density at radius 2 is 1.92 bits per heavy atom. The number of carbonyl (C=O) groups is 1. The molecule has 0 spiro atoms. The van der Waals surface area contributed by atoms with Gasteiger partial charge in [-0.1, -0.05) is 6.07 Å². The first-order valence-electron chi connectivity index (χ1n) is 7.37. The van der Waals surface area contributed by atoms with Gasteiger partial charge in [-0.2, -0.15) is 0 Å². The van der Waals surface area contributed by atoms with Gasteiger partial charge in [-0.25, -0.2) is 13.8 Å². The zero-order chi connectivity index (χ0) is 17.0. The quantitative estimate of drug-likeness (QED) is 0.700. The summed E-state index contributed by atoms with van der Waals surface area (Å²) < 4.78 is 26.6. The van der Waals surface area contributed by atoms with Crippen molar-refractivity contribution in [2.75, 3.05) is 5.32 Å². The first kappa shape index (κ1) is 15.0. The molecule has 2 aromatic heterocycles. The van der Waals surface area contributed by atoms with Crippen molar-refractivity contribution in [1.29, 1.82) is 0 Å². The topological polar surface area (TPSA) is 54.0 Å². The normalized spacial score (nSPS) is 16.7. The van der Waals surface area contributed by atoms with Crippen LogP contribution >= 0.6 is 11.3 Å². The third kappa shape index (κ3) is 2.24. The number of hydrogen-bond acceptors (Lipinski definition) is 4. The highest BCUT2D eigenvalue weighted by molar-refractivity contribution is 7.21. The van der Waals surface area contributed by atoms with Gasteiger partial charge in [0, 0.05) is 11.1 Å². The molecular formula is C17H13F2N3OS. The van der Waals surface area contributed by atoms with Gasteiger partial charge < -0.3 is 10.6 Å². The molecule has 0 bridgehead atoms. The number of thiophene rings is 1. The third-order valence-corrected chi connectivity index (χ3v) is 5.12. The fourth-order valence-electron chi connectivity index (χ4n) is 2.97. The molecule has 1 aromatic carbocycles. The van der Waals surface area contributed by atoms with Gasteiger partial charge >= 0.3 is 0 Å². The summed E-state index contributed by atoms with van der Waals surface area (Å²) in [6.45, 7) is 3.87. The Labute approximate surface area is 140 Å². The first-order chi connectivity index (χ1) is 11.4. The number of nitrogens with zero attached hydrogens (tertiary/aromatic N) is 1. The van der Waals surface area contributed by atoms with E-state index in [1.165, 1.54) is 17.4 Å². The summed E-state index contributed by atoms with van der Waals surface area (Å²) in [5, 5.41) is 6.89. The highest BCUT2D eigenvalue weighted by Gasteiger charge is 2.30. The number of amides is 1. The summed E-state index contributed by atoms with van der Waals surface area (Å²) in [6, 6.07) is 5.54. The zero-order valence-corrected chi connectivity index (χ0v) is 13.7. The summed E-state index contributed by atoms with van der Waals surface area (Å²) in [7, 11) is 0. The van der Waals surface area contributed by atoms with Crippen LogP contribution in [0.5, 0.6) is 0 Å². The summed E-state index contributed by atoms with van der Waals surface area (Å²) in [5.41, 5.74) is 3.04. The van der Waals surface area contributed by atoms with Crippen molar-refractivity contribution in [3.05, 3.63) is 57.6 Å². The molecule has 0 aliphatic carbocycles. The van der Waals surface area contributed by atoms with E-state index in [-0.39, 0.29) is 5.91 Å². The fraction of sp³-hybridized carbons (Fsp3) is 0.176. The second kappa shape index (κ2) is 5.24. The van der Waals surface area contributed by atoms with E-state index in [1.54, 1.807) is 0 Å². The van der Waals surface area contributed by atoms with E-state index in [4.69, 9.17) is 0 Å². The van der Waals surface area contributed by atoms with Crippen LogP contribution in [-0.4, -0.2) is 10.9 Å². The number of aromatic nitrogens is 1. The predicted octanol–water partition coefficient (Wildman–Crippen LogP) is 4.05. The second-order valence-corrected chi connectivity index (χ2v) is 6.79. The molecule has 1 amide bonds. The molecule has 7 heteroatoms. The Kier molecular flexibility index (Phi) is 3.28. The molecule has 3 heterocycles. The first-order valence-corrected chi connectivity index (χ1v) is 8.19. The Morgan fingerprint density at radius 3 is 2.67 bits per heavy atom. The Morgan fingerprint density at radius 1 is 1.12 bits per heavy atom. The van der Waals surface area contributed by atoms with Crippen LogP contribution in [0.15, 0.2) is 24.3 Å². The van der Waals surface area contributed by atoms with Gasteiger partial charge in [0.05, 0.1) is 5.69 Å². The molecule has 1 aliphatic rings. The van der Waals surface area contributed by atoms with E-state index in [0.717, 1.165) is 33.6 Å². The van der Waals surface area contributed by atoms with Crippen LogP contribution in [0, 0.1) is 25.5 Å². The molecule has 0 saturated heterocycles. The molecule has 4 rings (SSSR count). The number of halogens is 2. The van der Waals surface area contributed by atoms with Crippen LogP contribution in [0.3, 0.4) is 0 Å². The van der Waals surface area contributed by atoms with Crippen molar-refractivity contribution < 1.29 is 13.6 Å². The van der Waals surface area contributed by atoms with Crippen LogP contribution in [0.1, 0.15) is 32.7 Å². The summed E-state index contributed by atoms with van der Waals surface area (Å²) in [6.07, 6.45) is -0.626. The molecule has 24 heavy (non-hydrogen) atoms. The summed E-state index contributed by atoms with van der Waals surface area (Å²) in [4.78, 5) is 18.3. The lowest BCUT2D eigenvalue weighted by Gasteiger charge is -2.26. The SMILES string of the molecule is Cc1cc(C)c2c3c(sc2n1)C(=O)N[C@H](c1ccc(F)c(F)c1)N3. The molecule has 0 unspecified atom stereocenters. The maximum Gasteiger partial charge on any atom is 0.265 e. The third-order valence-electron chi connectivity index (χ3n) is 4.03. The Bertz CT molecular complexity index is 999.